The van der Waals surface area contributed by atoms with E-state index < -0.39 is 0 Å². The third-order valence-electron chi connectivity index (χ3n) is 4.09. The molecule has 0 saturated heterocycles. The van der Waals surface area contributed by atoms with Crippen LogP contribution in [0.15, 0.2) is 34.8 Å². The zero-order valence-corrected chi connectivity index (χ0v) is 18.6. The first-order valence-corrected chi connectivity index (χ1v) is 10.4. The average molecular weight is 484 g/mol. The van der Waals surface area contributed by atoms with Crippen molar-refractivity contribution in [3.05, 3.63) is 61.6 Å². The lowest BCUT2D eigenvalue weighted by Gasteiger charge is -2.12. The number of nitrogens with one attached hydrogen (secondary N) is 1. The van der Waals surface area contributed by atoms with Gasteiger partial charge in [0.1, 0.15) is 11.6 Å². The molecule has 3 rings (SSSR count). The minimum Gasteiger partial charge on any atom is -0.483 e. The van der Waals surface area contributed by atoms with E-state index in [1.54, 1.807) is 18.2 Å². The van der Waals surface area contributed by atoms with Gasteiger partial charge >= 0.3 is 0 Å². The highest BCUT2D eigenvalue weighted by Gasteiger charge is 2.15. The standard InChI is InChI=1S/C20H17BrClFN2O2S/c1-10-8-15(17(21)11(2)18(10)22)27-9-16(26)24-20-25-19(12(3)28-20)13-4-6-14(23)7-5-13/h4-8H,9H2,1-3H3,(H,24,25,26). The van der Waals surface area contributed by atoms with Crippen molar-refractivity contribution in [1.82, 2.24) is 4.98 Å². The molecule has 1 aromatic heterocycles. The molecule has 146 valence electrons. The highest BCUT2D eigenvalue weighted by Crippen LogP contribution is 2.36. The van der Waals surface area contributed by atoms with Crippen LogP contribution in [0.25, 0.3) is 11.3 Å². The van der Waals surface area contributed by atoms with Gasteiger partial charge in [-0.2, -0.15) is 0 Å². The monoisotopic (exact) mass is 482 g/mol. The van der Waals surface area contributed by atoms with Crippen LogP contribution in [0.3, 0.4) is 0 Å². The number of halogens is 3. The number of thiazole rings is 1. The van der Waals surface area contributed by atoms with Crippen LogP contribution in [-0.4, -0.2) is 17.5 Å². The number of benzene rings is 2. The second kappa shape index (κ2) is 8.59. The van der Waals surface area contributed by atoms with Gasteiger partial charge in [0, 0.05) is 15.5 Å². The van der Waals surface area contributed by atoms with E-state index in [-0.39, 0.29) is 18.3 Å². The number of aryl methyl sites for hydroxylation is 2. The first-order chi connectivity index (χ1) is 13.3. The van der Waals surface area contributed by atoms with E-state index in [1.165, 1.54) is 23.5 Å². The molecule has 0 aliphatic heterocycles. The third-order valence-corrected chi connectivity index (χ3v) is 6.54. The molecule has 0 aliphatic carbocycles. The number of anilines is 1. The van der Waals surface area contributed by atoms with E-state index in [4.69, 9.17) is 16.3 Å². The van der Waals surface area contributed by atoms with Crippen LogP contribution >= 0.6 is 38.9 Å². The molecular weight excluding hydrogens is 467 g/mol. The number of hydrogen-bond donors (Lipinski definition) is 1. The van der Waals surface area contributed by atoms with Gasteiger partial charge < -0.3 is 4.74 Å². The van der Waals surface area contributed by atoms with Crippen LogP contribution in [0.5, 0.6) is 5.75 Å². The number of hydrogen-bond acceptors (Lipinski definition) is 4. The van der Waals surface area contributed by atoms with Gasteiger partial charge in [-0.15, -0.1) is 11.3 Å². The summed E-state index contributed by atoms with van der Waals surface area (Å²) < 4.78 is 19.5. The van der Waals surface area contributed by atoms with Gasteiger partial charge in [-0.05, 0) is 78.2 Å². The number of rotatable bonds is 5. The zero-order chi connectivity index (χ0) is 20.4. The van der Waals surface area contributed by atoms with Gasteiger partial charge in [0.25, 0.3) is 5.91 Å². The van der Waals surface area contributed by atoms with E-state index in [1.807, 2.05) is 20.8 Å². The SMILES string of the molecule is Cc1cc(OCC(=O)Nc2nc(-c3ccc(F)cc3)c(C)s2)c(Br)c(C)c1Cl. The molecule has 0 unspecified atom stereocenters. The van der Waals surface area contributed by atoms with Crippen molar-refractivity contribution in [2.75, 3.05) is 11.9 Å². The molecule has 1 heterocycles. The molecular formula is C20H17BrClFN2O2S. The summed E-state index contributed by atoms with van der Waals surface area (Å²) in [6.07, 6.45) is 0. The Morgan fingerprint density at radius 3 is 2.64 bits per heavy atom. The summed E-state index contributed by atoms with van der Waals surface area (Å²) in [7, 11) is 0. The number of ether oxygens (including phenoxy) is 1. The van der Waals surface area contributed by atoms with Crippen molar-refractivity contribution in [1.29, 1.82) is 0 Å². The van der Waals surface area contributed by atoms with Gasteiger partial charge in [0.2, 0.25) is 0 Å². The summed E-state index contributed by atoms with van der Waals surface area (Å²) in [6.45, 7) is 5.49. The fraction of sp³-hybridized carbons (Fsp3) is 0.200. The maximum Gasteiger partial charge on any atom is 0.264 e. The van der Waals surface area contributed by atoms with Crippen LogP contribution < -0.4 is 10.1 Å². The smallest absolute Gasteiger partial charge is 0.264 e. The molecule has 0 radical (unpaired) electrons. The van der Waals surface area contributed by atoms with Crippen LogP contribution in [0, 0.1) is 26.6 Å². The van der Waals surface area contributed by atoms with Gasteiger partial charge in [-0.3, -0.25) is 10.1 Å². The summed E-state index contributed by atoms with van der Waals surface area (Å²) in [5, 5.41) is 3.87. The Morgan fingerprint density at radius 1 is 1.29 bits per heavy atom. The van der Waals surface area contributed by atoms with Crippen molar-refractivity contribution < 1.29 is 13.9 Å². The molecule has 0 bridgehead atoms. The number of aromatic nitrogens is 1. The predicted octanol–water partition coefficient (Wildman–Crippen LogP) is 6.31. The third kappa shape index (κ3) is 4.54. The number of nitrogens with zero attached hydrogens (tertiary/aromatic N) is 1. The van der Waals surface area contributed by atoms with Gasteiger partial charge in [0.05, 0.1) is 10.2 Å². The molecule has 0 saturated carbocycles. The van der Waals surface area contributed by atoms with Crippen LogP contribution in [0.2, 0.25) is 5.02 Å². The van der Waals surface area contributed by atoms with Crippen molar-refractivity contribution in [3.8, 4) is 17.0 Å². The highest BCUT2D eigenvalue weighted by molar-refractivity contribution is 9.10. The van der Waals surface area contributed by atoms with Crippen LogP contribution in [0.1, 0.15) is 16.0 Å². The predicted molar refractivity (Wildman–Crippen MR) is 115 cm³/mol. The summed E-state index contributed by atoms with van der Waals surface area (Å²) in [4.78, 5) is 17.6. The van der Waals surface area contributed by atoms with E-state index >= 15 is 0 Å². The molecule has 28 heavy (non-hydrogen) atoms. The van der Waals surface area contributed by atoms with Crippen LogP contribution in [-0.2, 0) is 4.79 Å². The van der Waals surface area contributed by atoms with E-state index in [2.05, 4.69) is 26.2 Å². The van der Waals surface area contributed by atoms with Crippen molar-refractivity contribution in [2.45, 2.75) is 20.8 Å². The fourth-order valence-corrected chi connectivity index (χ4v) is 4.17. The first kappa shape index (κ1) is 20.8. The Balaban J connectivity index is 1.68. The van der Waals surface area contributed by atoms with E-state index in [9.17, 15) is 9.18 Å². The quantitative estimate of drug-likeness (QED) is 0.463. The Bertz CT molecular complexity index is 1040. The zero-order valence-electron chi connectivity index (χ0n) is 15.4. The van der Waals surface area contributed by atoms with Gasteiger partial charge in [-0.1, -0.05) is 11.6 Å². The van der Waals surface area contributed by atoms with Crippen molar-refractivity contribution in [2.24, 2.45) is 0 Å². The fourth-order valence-electron chi connectivity index (χ4n) is 2.63. The minimum absolute atomic E-state index is 0.163. The summed E-state index contributed by atoms with van der Waals surface area (Å²) in [5.41, 5.74) is 3.24. The second-order valence-corrected chi connectivity index (χ2v) is 8.59. The first-order valence-electron chi connectivity index (χ1n) is 8.37. The molecule has 0 atom stereocenters. The largest absolute Gasteiger partial charge is 0.483 e. The number of carbonyl (C=O) groups is 1. The lowest BCUT2D eigenvalue weighted by atomic mass is 10.1. The summed E-state index contributed by atoms with van der Waals surface area (Å²) in [6, 6.07) is 7.87. The van der Waals surface area contributed by atoms with Crippen molar-refractivity contribution in [3.63, 3.8) is 0 Å². The normalized spacial score (nSPS) is 10.8. The highest BCUT2D eigenvalue weighted by atomic mass is 79.9. The average Bonchev–Trinajstić information content (AvgIpc) is 3.02. The lowest BCUT2D eigenvalue weighted by Crippen LogP contribution is -2.20. The maximum absolute atomic E-state index is 13.1. The molecule has 3 aromatic rings. The van der Waals surface area contributed by atoms with E-state index in [0.717, 1.165) is 26.0 Å². The molecule has 0 spiro atoms. The molecule has 0 aliphatic rings. The Labute approximate surface area is 179 Å². The topological polar surface area (TPSA) is 51.2 Å². The Morgan fingerprint density at radius 2 is 1.96 bits per heavy atom. The minimum atomic E-state index is -0.323. The second-order valence-electron chi connectivity index (χ2n) is 6.21. The van der Waals surface area contributed by atoms with Gasteiger partial charge in [-0.25, -0.2) is 9.37 Å². The van der Waals surface area contributed by atoms with Gasteiger partial charge in [0.15, 0.2) is 11.7 Å². The number of amides is 1. The Kier molecular flexibility index (Phi) is 6.37. The molecule has 1 amide bonds. The number of carbonyl (C=O) groups excluding carboxylic acids is 1. The molecule has 1 N–H and O–H groups in total. The molecule has 8 heteroatoms. The maximum atomic E-state index is 13.1. The molecule has 0 fully saturated rings. The Hall–Kier alpha value is -1.96. The van der Waals surface area contributed by atoms with E-state index in [0.29, 0.717) is 21.6 Å². The molecule has 2 aromatic carbocycles. The van der Waals surface area contributed by atoms with Crippen molar-refractivity contribution >= 4 is 49.9 Å². The summed E-state index contributed by atoms with van der Waals surface area (Å²) in [5.74, 6) is -0.0745. The lowest BCUT2D eigenvalue weighted by molar-refractivity contribution is -0.118. The summed E-state index contributed by atoms with van der Waals surface area (Å²) >= 11 is 11.0. The molecule has 4 nitrogen and oxygen atoms in total. The van der Waals surface area contributed by atoms with Crippen LogP contribution in [0.4, 0.5) is 9.52 Å².